The molecule has 2 heterocycles. The van der Waals surface area contributed by atoms with Gasteiger partial charge in [-0.1, -0.05) is 6.07 Å². The van der Waals surface area contributed by atoms with Crippen LogP contribution in [0.1, 0.15) is 21.2 Å². The Bertz CT molecular complexity index is 536. The van der Waals surface area contributed by atoms with Crippen molar-refractivity contribution in [3.05, 3.63) is 40.3 Å². The van der Waals surface area contributed by atoms with Gasteiger partial charge in [-0.2, -0.15) is 10.4 Å². The van der Waals surface area contributed by atoms with Crippen molar-refractivity contribution >= 4 is 17.1 Å². The molecule has 1 unspecified atom stereocenters. The van der Waals surface area contributed by atoms with E-state index in [4.69, 9.17) is 5.26 Å². The van der Waals surface area contributed by atoms with Crippen molar-refractivity contribution < 1.29 is 4.79 Å². The Hall–Kier alpha value is -1.93. The average molecular weight is 231 g/mol. The van der Waals surface area contributed by atoms with Crippen LogP contribution in [0.5, 0.6) is 0 Å². The first-order chi connectivity index (χ1) is 7.72. The average Bonchev–Trinajstić information content (AvgIpc) is 2.90. The number of Topliss-reactive ketones (excluding diaryl/α,β-unsaturated/α-hetero) is 1. The van der Waals surface area contributed by atoms with Crippen molar-refractivity contribution in [3.8, 4) is 6.07 Å². The number of carbonyl (C=O) groups excluding carboxylic acids is 1. The first-order valence-electron chi connectivity index (χ1n) is 4.68. The second kappa shape index (κ2) is 4.29. The maximum atomic E-state index is 12.0. The van der Waals surface area contributed by atoms with E-state index in [1.165, 1.54) is 17.5 Å². The predicted molar refractivity (Wildman–Crippen MR) is 60.2 cm³/mol. The molecule has 0 saturated carbocycles. The van der Waals surface area contributed by atoms with Gasteiger partial charge in [0.25, 0.3) is 0 Å². The van der Waals surface area contributed by atoms with Crippen molar-refractivity contribution in [3.63, 3.8) is 0 Å². The molecule has 2 aromatic heterocycles. The molecule has 5 heteroatoms. The van der Waals surface area contributed by atoms with Gasteiger partial charge >= 0.3 is 0 Å². The summed E-state index contributed by atoms with van der Waals surface area (Å²) in [6, 6.07) is 5.67. The standard InChI is InChI=1S/C11H9N3OS/c1-14-7-8(6-13-14)11(15)9(5-12)10-3-2-4-16-10/h2-4,6-7,9H,1H3. The van der Waals surface area contributed by atoms with Gasteiger partial charge in [-0.05, 0) is 11.4 Å². The van der Waals surface area contributed by atoms with Crippen LogP contribution in [0, 0.1) is 11.3 Å². The molecule has 1 atom stereocenters. The van der Waals surface area contributed by atoms with Crippen LogP contribution in [0.25, 0.3) is 0 Å². The molecule has 2 rings (SSSR count). The molecule has 16 heavy (non-hydrogen) atoms. The van der Waals surface area contributed by atoms with Gasteiger partial charge in [-0.15, -0.1) is 11.3 Å². The number of rotatable bonds is 3. The maximum Gasteiger partial charge on any atom is 0.188 e. The minimum Gasteiger partial charge on any atom is -0.292 e. The third-order valence-electron chi connectivity index (χ3n) is 2.21. The zero-order valence-corrected chi connectivity index (χ0v) is 9.44. The van der Waals surface area contributed by atoms with Gasteiger partial charge in [-0.3, -0.25) is 9.48 Å². The van der Waals surface area contributed by atoms with Gasteiger partial charge in [0.2, 0.25) is 0 Å². The van der Waals surface area contributed by atoms with E-state index < -0.39 is 5.92 Å². The largest absolute Gasteiger partial charge is 0.292 e. The number of aromatic nitrogens is 2. The summed E-state index contributed by atoms with van der Waals surface area (Å²) >= 11 is 1.41. The summed E-state index contributed by atoms with van der Waals surface area (Å²) < 4.78 is 1.55. The molecule has 0 aliphatic rings. The van der Waals surface area contributed by atoms with Crippen LogP contribution in [-0.4, -0.2) is 15.6 Å². The summed E-state index contributed by atoms with van der Waals surface area (Å²) in [5.41, 5.74) is 0.474. The number of ketones is 1. The van der Waals surface area contributed by atoms with E-state index >= 15 is 0 Å². The zero-order valence-electron chi connectivity index (χ0n) is 8.62. The molecular formula is C11H9N3OS. The quantitative estimate of drug-likeness (QED) is 0.759. The number of aryl methyl sites for hydroxylation is 1. The minimum atomic E-state index is -0.718. The molecule has 0 fully saturated rings. The van der Waals surface area contributed by atoms with Crippen molar-refractivity contribution in [2.45, 2.75) is 5.92 Å². The highest BCUT2D eigenvalue weighted by Gasteiger charge is 2.23. The minimum absolute atomic E-state index is 0.196. The van der Waals surface area contributed by atoms with Crippen LogP contribution < -0.4 is 0 Å². The fourth-order valence-electron chi connectivity index (χ4n) is 1.42. The lowest BCUT2D eigenvalue weighted by Gasteiger charge is -2.02. The molecule has 4 nitrogen and oxygen atoms in total. The molecule has 0 radical (unpaired) electrons. The van der Waals surface area contributed by atoms with Crippen molar-refractivity contribution in [1.29, 1.82) is 5.26 Å². The first-order valence-corrected chi connectivity index (χ1v) is 5.56. The smallest absolute Gasteiger partial charge is 0.188 e. The van der Waals surface area contributed by atoms with Crippen LogP contribution in [0.15, 0.2) is 29.9 Å². The van der Waals surface area contributed by atoms with Gasteiger partial charge in [-0.25, -0.2) is 0 Å². The molecule has 0 spiro atoms. The molecule has 0 saturated heterocycles. The number of carbonyl (C=O) groups is 1. The van der Waals surface area contributed by atoms with Crippen molar-refractivity contribution in [2.75, 3.05) is 0 Å². The van der Waals surface area contributed by atoms with Crippen molar-refractivity contribution in [1.82, 2.24) is 9.78 Å². The van der Waals surface area contributed by atoms with E-state index in [1.807, 2.05) is 17.5 Å². The van der Waals surface area contributed by atoms with E-state index in [2.05, 4.69) is 5.10 Å². The molecule has 80 valence electrons. The van der Waals surface area contributed by atoms with E-state index in [1.54, 1.807) is 24.0 Å². The Morgan fingerprint density at radius 2 is 2.50 bits per heavy atom. The number of hydrogen-bond acceptors (Lipinski definition) is 4. The highest BCUT2D eigenvalue weighted by Crippen LogP contribution is 2.24. The fourth-order valence-corrected chi connectivity index (χ4v) is 2.19. The highest BCUT2D eigenvalue weighted by atomic mass is 32.1. The highest BCUT2D eigenvalue weighted by molar-refractivity contribution is 7.10. The first kappa shape index (κ1) is 10.6. The normalized spacial score (nSPS) is 12.0. The number of nitrogens with zero attached hydrogens (tertiary/aromatic N) is 3. The molecule has 0 aliphatic carbocycles. The molecule has 0 aromatic carbocycles. The second-order valence-corrected chi connectivity index (χ2v) is 4.32. The van der Waals surface area contributed by atoms with Crippen LogP contribution in [0.2, 0.25) is 0 Å². The lowest BCUT2D eigenvalue weighted by molar-refractivity contribution is 0.0980. The third kappa shape index (κ3) is 1.88. The number of hydrogen-bond donors (Lipinski definition) is 0. The monoisotopic (exact) mass is 231 g/mol. The maximum absolute atomic E-state index is 12.0. The van der Waals surface area contributed by atoms with Gasteiger partial charge in [0.15, 0.2) is 5.78 Å². The van der Waals surface area contributed by atoms with Gasteiger partial charge < -0.3 is 0 Å². The van der Waals surface area contributed by atoms with E-state index in [9.17, 15) is 4.79 Å². The summed E-state index contributed by atoms with van der Waals surface area (Å²) in [7, 11) is 1.74. The lowest BCUT2D eigenvalue weighted by atomic mass is 10.00. The van der Waals surface area contributed by atoms with Crippen LogP contribution in [0.3, 0.4) is 0 Å². The summed E-state index contributed by atoms with van der Waals surface area (Å²) in [6.07, 6.45) is 3.11. The molecule has 0 N–H and O–H groups in total. The summed E-state index contributed by atoms with van der Waals surface area (Å²) in [6.45, 7) is 0. The topological polar surface area (TPSA) is 58.7 Å². The summed E-state index contributed by atoms with van der Waals surface area (Å²) in [5.74, 6) is -0.915. The van der Waals surface area contributed by atoms with E-state index in [0.717, 1.165) is 4.88 Å². The van der Waals surface area contributed by atoms with Crippen LogP contribution >= 0.6 is 11.3 Å². The van der Waals surface area contributed by atoms with Crippen LogP contribution in [-0.2, 0) is 7.05 Å². The van der Waals surface area contributed by atoms with E-state index in [0.29, 0.717) is 5.56 Å². The molecule has 2 aromatic rings. The van der Waals surface area contributed by atoms with Gasteiger partial charge in [0.1, 0.15) is 5.92 Å². The number of nitriles is 1. The fraction of sp³-hybridized carbons (Fsp3) is 0.182. The Kier molecular flexibility index (Phi) is 2.84. The SMILES string of the molecule is Cn1cc(C(=O)C(C#N)c2cccs2)cn1. The Balaban J connectivity index is 2.31. The Morgan fingerprint density at radius 3 is 3.00 bits per heavy atom. The summed E-state index contributed by atoms with van der Waals surface area (Å²) in [4.78, 5) is 12.8. The predicted octanol–water partition coefficient (Wildman–Crippen LogP) is 1.97. The molecule has 0 bridgehead atoms. The van der Waals surface area contributed by atoms with E-state index in [-0.39, 0.29) is 5.78 Å². The van der Waals surface area contributed by atoms with Gasteiger partial charge in [0, 0.05) is 18.1 Å². The Morgan fingerprint density at radius 1 is 1.69 bits per heavy atom. The zero-order chi connectivity index (χ0) is 11.5. The molecule has 0 amide bonds. The molecular weight excluding hydrogens is 222 g/mol. The number of thiophene rings is 1. The summed E-state index contributed by atoms with van der Waals surface area (Å²) in [5, 5.41) is 14.8. The molecule has 0 aliphatic heterocycles. The van der Waals surface area contributed by atoms with Gasteiger partial charge in [0.05, 0.1) is 17.8 Å². The Labute approximate surface area is 96.7 Å². The third-order valence-corrected chi connectivity index (χ3v) is 3.15. The second-order valence-electron chi connectivity index (χ2n) is 3.34. The van der Waals surface area contributed by atoms with Crippen LogP contribution in [0.4, 0.5) is 0 Å². The lowest BCUT2D eigenvalue weighted by Crippen LogP contribution is -2.09. The van der Waals surface area contributed by atoms with Crippen molar-refractivity contribution in [2.24, 2.45) is 7.05 Å².